The summed E-state index contributed by atoms with van der Waals surface area (Å²) >= 11 is 0. The lowest BCUT2D eigenvalue weighted by molar-refractivity contribution is 0.397. The smallest absolute Gasteiger partial charge is 0.207 e. The molecule has 1 aromatic heterocycles. The Morgan fingerprint density at radius 2 is 2.05 bits per heavy atom. The van der Waals surface area contributed by atoms with Crippen LogP contribution in [0, 0.1) is 17.3 Å². The molecule has 0 bridgehead atoms. The second-order valence-corrected chi connectivity index (χ2v) is 5.40. The molecule has 0 unspecified atom stereocenters. The van der Waals surface area contributed by atoms with Gasteiger partial charge in [-0.1, -0.05) is 20.8 Å². The number of hydrogen-bond donors (Lipinski definition) is 0. The van der Waals surface area contributed by atoms with E-state index in [2.05, 4.69) is 10.1 Å². The molecule has 0 spiro atoms. The molecule has 0 saturated heterocycles. The molecule has 0 aliphatic carbocycles. The second kappa shape index (κ2) is 4.93. The number of nitriles is 1. The molecule has 0 radical (unpaired) electrons. The van der Waals surface area contributed by atoms with Gasteiger partial charge in [-0.15, -0.1) is 5.10 Å². The number of aromatic nitrogens is 3. The SMILES string of the molecule is COc1c(-c2ncn(C#N)n2)cc(F)cc1C(C)(C)C. The number of methoxy groups -OCH3 is 1. The van der Waals surface area contributed by atoms with E-state index in [0.717, 1.165) is 10.2 Å². The van der Waals surface area contributed by atoms with E-state index < -0.39 is 0 Å². The summed E-state index contributed by atoms with van der Waals surface area (Å²) in [4.78, 5) is 4.01. The third-order valence-corrected chi connectivity index (χ3v) is 2.90. The number of hydrogen-bond acceptors (Lipinski definition) is 4. The molecule has 5 nitrogen and oxygen atoms in total. The zero-order valence-electron chi connectivity index (χ0n) is 11.8. The van der Waals surface area contributed by atoms with Crippen molar-refractivity contribution in [3.8, 4) is 23.3 Å². The van der Waals surface area contributed by atoms with Crippen LogP contribution in [0.5, 0.6) is 5.75 Å². The van der Waals surface area contributed by atoms with Gasteiger partial charge in [0.15, 0.2) is 5.82 Å². The summed E-state index contributed by atoms with van der Waals surface area (Å²) in [5, 5.41) is 12.7. The average molecular weight is 274 g/mol. The maximum Gasteiger partial charge on any atom is 0.207 e. The number of rotatable bonds is 2. The Kier molecular flexibility index (Phi) is 3.45. The van der Waals surface area contributed by atoms with Crippen LogP contribution in [-0.4, -0.2) is 21.9 Å². The van der Waals surface area contributed by atoms with E-state index in [0.29, 0.717) is 11.3 Å². The number of halogens is 1. The molecule has 1 aromatic carbocycles. The molecule has 0 N–H and O–H groups in total. The summed E-state index contributed by atoms with van der Waals surface area (Å²) in [5.74, 6) is 0.391. The minimum Gasteiger partial charge on any atom is -0.496 e. The second-order valence-electron chi connectivity index (χ2n) is 5.40. The lowest BCUT2D eigenvalue weighted by Gasteiger charge is -2.23. The van der Waals surface area contributed by atoms with E-state index in [4.69, 9.17) is 10.00 Å². The highest BCUT2D eigenvalue weighted by Crippen LogP contribution is 2.38. The largest absolute Gasteiger partial charge is 0.496 e. The predicted molar refractivity (Wildman–Crippen MR) is 71.7 cm³/mol. The lowest BCUT2D eigenvalue weighted by Crippen LogP contribution is -2.14. The molecule has 2 rings (SSSR count). The van der Waals surface area contributed by atoms with E-state index in [1.54, 1.807) is 0 Å². The topological polar surface area (TPSA) is 63.7 Å². The molecular weight excluding hydrogens is 259 g/mol. The van der Waals surface area contributed by atoms with Crippen LogP contribution < -0.4 is 4.74 Å². The minimum atomic E-state index is -0.390. The standard InChI is InChI=1S/C14H15FN4O/c1-14(2,3)11-6-9(15)5-10(12(11)20-4)13-17-8-19(7-16)18-13/h5-6,8H,1-4H3. The Morgan fingerprint density at radius 3 is 2.55 bits per heavy atom. The average Bonchev–Trinajstić information content (AvgIpc) is 2.85. The summed E-state index contributed by atoms with van der Waals surface area (Å²) in [6.07, 6.45) is 3.10. The fourth-order valence-electron chi connectivity index (χ4n) is 1.97. The van der Waals surface area contributed by atoms with Gasteiger partial charge in [-0.05, 0) is 17.5 Å². The first-order valence-corrected chi connectivity index (χ1v) is 6.07. The molecule has 0 aliphatic rings. The first kappa shape index (κ1) is 14.0. The molecule has 6 heteroatoms. The van der Waals surface area contributed by atoms with Crippen molar-refractivity contribution >= 4 is 0 Å². The van der Waals surface area contributed by atoms with E-state index >= 15 is 0 Å². The van der Waals surface area contributed by atoms with Crippen molar-refractivity contribution in [2.45, 2.75) is 26.2 Å². The maximum atomic E-state index is 13.9. The Labute approximate surface area is 116 Å². The summed E-state index contributed by atoms with van der Waals surface area (Å²) in [7, 11) is 1.52. The van der Waals surface area contributed by atoms with Gasteiger partial charge in [-0.3, -0.25) is 0 Å². The van der Waals surface area contributed by atoms with Crippen LogP contribution in [0.1, 0.15) is 26.3 Å². The summed E-state index contributed by atoms with van der Waals surface area (Å²) in [6, 6.07) is 2.76. The molecule has 0 atom stereocenters. The summed E-state index contributed by atoms with van der Waals surface area (Å²) in [5.41, 5.74) is 0.870. The number of benzene rings is 1. The number of ether oxygens (including phenoxy) is 1. The molecule has 0 amide bonds. The Balaban J connectivity index is 2.70. The fourth-order valence-corrected chi connectivity index (χ4v) is 1.97. The Bertz CT molecular complexity index is 679. The molecule has 2 aromatic rings. The van der Waals surface area contributed by atoms with Crippen molar-refractivity contribution in [1.29, 1.82) is 5.26 Å². The van der Waals surface area contributed by atoms with Crippen LogP contribution in [0.2, 0.25) is 0 Å². The van der Waals surface area contributed by atoms with Crippen LogP contribution in [0.3, 0.4) is 0 Å². The van der Waals surface area contributed by atoms with Gasteiger partial charge in [0.2, 0.25) is 6.19 Å². The lowest BCUT2D eigenvalue weighted by atomic mass is 9.85. The van der Waals surface area contributed by atoms with Gasteiger partial charge in [-0.25, -0.2) is 9.37 Å². The molecule has 0 saturated carbocycles. The van der Waals surface area contributed by atoms with Gasteiger partial charge < -0.3 is 4.74 Å². The highest BCUT2D eigenvalue weighted by atomic mass is 19.1. The normalized spacial score (nSPS) is 11.2. The van der Waals surface area contributed by atoms with E-state index in [1.807, 2.05) is 27.0 Å². The van der Waals surface area contributed by atoms with Gasteiger partial charge >= 0.3 is 0 Å². The van der Waals surface area contributed by atoms with Crippen molar-refractivity contribution in [2.75, 3.05) is 7.11 Å². The highest BCUT2D eigenvalue weighted by molar-refractivity contribution is 5.67. The van der Waals surface area contributed by atoms with Gasteiger partial charge in [0, 0.05) is 5.56 Å². The van der Waals surface area contributed by atoms with Crippen LogP contribution in [0.4, 0.5) is 4.39 Å². The Hall–Kier alpha value is -2.42. The quantitative estimate of drug-likeness (QED) is 0.844. The summed E-state index contributed by atoms with van der Waals surface area (Å²) < 4.78 is 20.3. The van der Waals surface area contributed by atoms with Crippen LogP contribution in [0.25, 0.3) is 11.4 Å². The predicted octanol–water partition coefficient (Wildman–Crippen LogP) is 2.72. The van der Waals surface area contributed by atoms with Gasteiger partial charge in [0.1, 0.15) is 17.9 Å². The molecule has 0 aliphatic heterocycles. The Morgan fingerprint density at radius 1 is 1.35 bits per heavy atom. The third-order valence-electron chi connectivity index (χ3n) is 2.90. The monoisotopic (exact) mass is 274 g/mol. The van der Waals surface area contributed by atoms with Crippen molar-refractivity contribution in [3.63, 3.8) is 0 Å². The fraction of sp³-hybridized carbons (Fsp3) is 0.357. The van der Waals surface area contributed by atoms with E-state index in [1.165, 1.54) is 25.6 Å². The van der Waals surface area contributed by atoms with Gasteiger partial charge in [0.25, 0.3) is 0 Å². The van der Waals surface area contributed by atoms with E-state index in [-0.39, 0.29) is 17.1 Å². The van der Waals surface area contributed by atoms with Crippen LogP contribution in [0.15, 0.2) is 18.5 Å². The van der Waals surface area contributed by atoms with Crippen LogP contribution >= 0.6 is 0 Å². The van der Waals surface area contributed by atoms with Gasteiger partial charge in [-0.2, -0.15) is 9.94 Å². The molecule has 104 valence electrons. The number of nitrogens with zero attached hydrogens (tertiary/aromatic N) is 4. The zero-order chi connectivity index (χ0) is 14.9. The zero-order valence-corrected chi connectivity index (χ0v) is 11.8. The van der Waals surface area contributed by atoms with Gasteiger partial charge in [0.05, 0.1) is 12.7 Å². The van der Waals surface area contributed by atoms with Crippen molar-refractivity contribution in [3.05, 3.63) is 29.8 Å². The third kappa shape index (κ3) is 2.48. The minimum absolute atomic E-state index is 0.258. The molecular formula is C14H15FN4O. The maximum absolute atomic E-state index is 13.9. The van der Waals surface area contributed by atoms with E-state index in [9.17, 15) is 4.39 Å². The molecule has 1 heterocycles. The first-order chi connectivity index (χ1) is 9.36. The highest BCUT2D eigenvalue weighted by Gasteiger charge is 2.24. The van der Waals surface area contributed by atoms with Crippen molar-refractivity contribution in [1.82, 2.24) is 14.8 Å². The van der Waals surface area contributed by atoms with Crippen molar-refractivity contribution < 1.29 is 9.13 Å². The molecule has 20 heavy (non-hydrogen) atoms. The van der Waals surface area contributed by atoms with Crippen molar-refractivity contribution in [2.24, 2.45) is 0 Å². The summed E-state index contributed by atoms with van der Waals surface area (Å²) in [6.45, 7) is 5.90. The molecule has 0 fully saturated rings. The van der Waals surface area contributed by atoms with Crippen LogP contribution in [-0.2, 0) is 5.41 Å². The first-order valence-electron chi connectivity index (χ1n) is 6.07.